The van der Waals surface area contributed by atoms with Crippen molar-refractivity contribution in [3.05, 3.63) is 87.0 Å². The first kappa shape index (κ1) is 32.9. The van der Waals surface area contributed by atoms with E-state index in [0.717, 1.165) is 28.8 Å². The number of aromatic nitrogens is 1. The second-order valence-corrected chi connectivity index (χ2v) is 13.0. The lowest BCUT2D eigenvalue weighted by molar-refractivity contribution is 0.0690. The van der Waals surface area contributed by atoms with E-state index in [1.54, 1.807) is 25.1 Å². The van der Waals surface area contributed by atoms with Gasteiger partial charge in [0.1, 0.15) is 11.4 Å². The highest BCUT2D eigenvalue weighted by Gasteiger charge is 2.28. The minimum Gasteiger partial charge on any atom is -0.493 e. The predicted octanol–water partition coefficient (Wildman–Crippen LogP) is 5.41. The van der Waals surface area contributed by atoms with Crippen molar-refractivity contribution in [2.24, 2.45) is 11.7 Å². The van der Waals surface area contributed by atoms with Crippen molar-refractivity contribution in [1.82, 2.24) is 15.6 Å². The molecule has 0 spiro atoms. The summed E-state index contributed by atoms with van der Waals surface area (Å²) in [5.74, 6) is -1.78. The lowest BCUT2D eigenvalue weighted by atomic mass is 9.93. The minimum atomic E-state index is -1.36. The van der Waals surface area contributed by atoms with Gasteiger partial charge in [0.05, 0.1) is 17.9 Å². The Bertz CT molecular complexity index is 1930. The van der Waals surface area contributed by atoms with Gasteiger partial charge in [-0.05, 0) is 90.6 Å². The van der Waals surface area contributed by atoms with E-state index >= 15 is 0 Å². The third kappa shape index (κ3) is 6.80. The van der Waals surface area contributed by atoms with E-state index in [4.69, 9.17) is 10.5 Å². The minimum absolute atomic E-state index is 0.0534. The number of carbonyl (C=O) groups is 4. The van der Waals surface area contributed by atoms with Gasteiger partial charge in [-0.2, -0.15) is 0 Å². The van der Waals surface area contributed by atoms with Crippen LogP contribution in [0.3, 0.4) is 0 Å². The van der Waals surface area contributed by atoms with Crippen molar-refractivity contribution in [3.63, 3.8) is 0 Å². The zero-order valence-electron chi connectivity index (χ0n) is 26.8. The second-order valence-electron chi connectivity index (χ2n) is 12.1. The van der Waals surface area contributed by atoms with Crippen LogP contribution in [0.4, 0.5) is 5.69 Å². The highest BCUT2D eigenvalue weighted by molar-refractivity contribution is 7.13. The highest BCUT2D eigenvalue weighted by atomic mass is 32.1. The van der Waals surface area contributed by atoms with E-state index in [-0.39, 0.29) is 40.5 Å². The third-order valence-corrected chi connectivity index (χ3v) is 9.49. The molecule has 6 rings (SSSR count). The first-order chi connectivity index (χ1) is 23.2. The third-order valence-electron chi connectivity index (χ3n) is 8.50. The Labute approximate surface area is 281 Å². The van der Waals surface area contributed by atoms with E-state index < -0.39 is 17.8 Å². The number of nitrogens with zero attached hydrogens (tertiary/aromatic N) is 1. The molecule has 0 unspecified atom stereocenters. The van der Waals surface area contributed by atoms with Crippen LogP contribution in [0.15, 0.2) is 47.8 Å². The van der Waals surface area contributed by atoms with Gasteiger partial charge in [-0.15, -0.1) is 11.3 Å². The normalized spacial score (nSPS) is 13.4. The van der Waals surface area contributed by atoms with E-state index in [1.165, 1.54) is 23.5 Å². The van der Waals surface area contributed by atoms with Crippen molar-refractivity contribution in [2.45, 2.75) is 46.1 Å². The number of rotatable bonds is 11. The number of thiophene rings is 1. The summed E-state index contributed by atoms with van der Waals surface area (Å²) >= 11 is 1.53. The van der Waals surface area contributed by atoms with Crippen molar-refractivity contribution in [1.29, 1.82) is 0 Å². The summed E-state index contributed by atoms with van der Waals surface area (Å²) < 4.78 is 6.14. The first-order valence-corrected chi connectivity index (χ1v) is 16.9. The van der Waals surface area contributed by atoms with Crippen LogP contribution < -0.4 is 26.4 Å². The number of anilines is 1. The van der Waals surface area contributed by atoms with Crippen LogP contribution >= 0.6 is 11.3 Å². The summed E-state index contributed by atoms with van der Waals surface area (Å²) in [5.41, 5.74) is 9.84. The van der Waals surface area contributed by atoms with Crippen molar-refractivity contribution in [2.75, 3.05) is 25.0 Å². The topological polar surface area (TPSA) is 173 Å². The van der Waals surface area contributed by atoms with Gasteiger partial charge >= 0.3 is 5.97 Å². The number of amides is 3. The molecule has 0 radical (unpaired) electrons. The van der Waals surface area contributed by atoms with E-state index in [1.807, 2.05) is 24.4 Å². The highest BCUT2D eigenvalue weighted by Crippen LogP contribution is 2.43. The molecule has 1 fully saturated rings. The van der Waals surface area contributed by atoms with Crippen LogP contribution in [0.25, 0.3) is 21.6 Å². The molecule has 12 heteroatoms. The number of fused-ring (bicyclic) bond motifs is 3. The van der Waals surface area contributed by atoms with Gasteiger partial charge in [0.25, 0.3) is 17.7 Å². The number of carboxylic acids is 1. The fourth-order valence-corrected chi connectivity index (χ4v) is 6.76. The van der Waals surface area contributed by atoms with Crippen molar-refractivity contribution in [3.8, 4) is 27.3 Å². The number of hydrogen-bond donors (Lipinski definition) is 5. The van der Waals surface area contributed by atoms with Gasteiger partial charge in [0.15, 0.2) is 5.69 Å². The number of aromatic carboxylic acids is 1. The molecule has 1 aliphatic heterocycles. The fourth-order valence-electron chi connectivity index (χ4n) is 5.78. The maximum atomic E-state index is 14.4. The molecule has 3 amide bonds. The molecule has 0 bridgehead atoms. The van der Waals surface area contributed by atoms with Crippen LogP contribution in [0.1, 0.15) is 84.6 Å². The summed E-state index contributed by atoms with van der Waals surface area (Å²) in [6, 6.07) is 11.8. The molecule has 2 aromatic carbocycles. The van der Waals surface area contributed by atoms with Gasteiger partial charge in [-0.1, -0.05) is 13.0 Å². The molecule has 11 nitrogen and oxygen atoms in total. The summed E-state index contributed by atoms with van der Waals surface area (Å²) in [5, 5.41) is 20.9. The van der Waals surface area contributed by atoms with Crippen LogP contribution in [0, 0.1) is 12.8 Å². The Hall–Kier alpha value is -5.07. The Morgan fingerprint density at radius 3 is 2.52 bits per heavy atom. The smallest absolute Gasteiger partial charge is 0.355 e. The number of aryl methyl sites for hydroxylation is 1. The molecule has 6 N–H and O–H groups in total. The molecular formula is C36H37N5O6S. The van der Waals surface area contributed by atoms with Gasteiger partial charge in [0.2, 0.25) is 0 Å². The first-order valence-electron chi connectivity index (χ1n) is 16.0. The number of carbonyl (C=O) groups excluding carboxylic acids is 3. The quantitative estimate of drug-likeness (QED) is 0.141. The van der Waals surface area contributed by atoms with Crippen LogP contribution in [0.2, 0.25) is 0 Å². The molecule has 3 heterocycles. The fraction of sp³-hybridized carbons (Fsp3) is 0.306. The average molecular weight is 668 g/mol. The molecule has 248 valence electrons. The molecule has 4 aromatic rings. The molecule has 2 aromatic heterocycles. The Morgan fingerprint density at radius 2 is 1.79 bits per heavy atom. The Balaban J connectivity index is 1.48. The number of nitrogens with one attached hydrogen (secondary N) is 3. The summed E-state index contributed by atoms with van der Waals surface area (Å²) in [6.07, 6.45) is 3.51. The predicted molar refractivity (Wildman–Crippen MR) is 184 cm³/mol. The largest absolute Gasteiger partial charge is 0.493 e. The van der Waals surface area contributed by atoms with E-state index in [0.29, 0.717) is 66.6 Å². The van der Waals surface area contributed by atoms with Gasteiger partial charge in [-0.3, -0.25) is 14.4 Å². The number of ether oxygens (including phenoxy) is 1. The van der Waals surface area contributed by atoms with Crippen LogP contribution in [-0.4, -0.2) is 53.5 Å². The summed E-state index contributed by atoms with van der Waals surface area (Å²) in [4.78, 5) is 58.3. The van der Waals surface area contributed by atoms with Gasteiger partial charge in [0, 0.05) is 53.2 Å². The Kier molecular flexibility index (Phi) is 9.56. The molecule has 1 saturated carbocycles. The van der Waals surface area contributed by atoms with Crippen molar-refractivity contribution < 1.29 is 29.0 Å². The zero-order chi connectivity index (χ0) is 33.9. The number of benzene rings is 2. The Morgan fingerprint density at radius 1 is 0.979 bits per heavy atom. The lowest BCUT2D eigenvalue weighted by Crippen LogP contribution is -2.28. The maximum absolute atomic E-state index is 14.4. The van der Waals surface area contributed by atoms with Crippen molar-refractivity contribution >= 4 is 40.7 Å². The molecular weight excluding hydrogens is 630 g/mol. The van der Waals surface area contributed by atoms with Gasteiger partial charge in [-0.25, -0.2) is 9.78 Å². The zero-order valence-corrected chi connectivity index (χ0v) is 27.6. The molecule has 0 saturated heterocycles. The van der Waals surface area contributed by atoms with Gasteiger partial charge < -0.3 is 31.5 Å². The maximum Gasteiger partial charge on any atom is 0.355 e. The second kappa shape index (κ2) is 14.0. The number of hydrogen-bond acceptors (Lipinski definition) is 8. The van der Waals surface area contributed by atoms with E-state index in [2.05, 4.69) is 20.9 Å². The molecule has 1 aliphatic carbocycles. The SMILES string of the molecule is CCCNC(=O)c1ccc(-c2cc3c(cc2C(=O)Nc2c(C)cc(CN)cc2C(=O)NCC2CC2)-c2sccc2CCO3)c(C(=O)O)n1. The standard InChI is InChI=1S/C36H37N5O6S/c1-3-10-38-35(44)28-7-6-23(31(40-28)36(45)46)24-16-29-26(32-22(8-11-47-29)9-12-48-32)15-25(24)34(43)41-30-19(2)13-21(17-37)14-27(30)33(42)39-18-20-4-5-20/h6-7,9,12-16,20H,3-5,8,10-11,17-18,37H2,1-2H3,(H,38,44)(H,39,42)(H,41,43)(H,45,46). The summed E-state index contributed by atoms with van der Waals surface area (Å²) in [7, 11) is 0. The lowest BCUT2D eigenvalue weighted by Gasteiger charge is -2.19. The molecule has 0 atom stereocenters. The van der Waals surface area contributed by atoms with E-state index in [9.17, 15) is 24.3 Å². The summed E-state index contributed by atoms with van der Waals surface area (Å²) in [6.45, 7) is 5.28. The number of nitrogens with two attached hydrogens (primary N) is 1. The molecule has 48 heavy (non-hydrogen) atoms. The number of pyridine rings is 1. The number of carboxylic acid groups (broad SMARTS) is 1. The van der Waals surface area contributed by atoms with Crippen LogP contribution in [0.5, 0.6) is 5.75 Å². The monoisotopic (exact) mass is 667 g/mol. The molecule has 2 aliphatic rings. The average Bonchev–Trinajstić information content (AvgIpc) is 3.84. The van der Waals surface area contributed by atoms with Crippen LogP contribution in [-0.2, 0) is 13.0 Å².